The molecule has 8 heteroatoms. The average Bonchev–Trinajstić information content (AvgIpc) is 3.21. The van der Waals surface area contributed by atoms with E-state index in [-0.39, 0.29) is 30.4 Å². The molecule has 26 heavy (non-hydrogen) atoms. The standard InChI is InChI=1S/C18H22N4O2S.ClH/c1-12-9-13(10-19)11-22(12)17(23)15-7-8-16(25-15)21-18(24)20-14-5-3-2-4-6-14;/h2-8,12-13H,9-11,19H2,1H3,(H2,20,21,24);1H. The van der Waals surface area contributed by atoms with Crippen molar-refractivity contribution >= 4 is 46.4 Å². The molecule has 0 radical (unpaired) electrons. The van der Waals surface area contributed by atoms with Crippen LogP contribution in [0.15, 0.2) is 42.5 Å². The highest BCUT2D eigenvalue weighted by atomic mass is 35.5. The molecule has 3 amide bonds. The number of para-hydroxylation sites is 1. The van der Waals surface area contributed by atoms with Crippen molar-refractivity contribution in [3.05, 3.63) is 47.3 Å². The summed E-state index contributed by atoms with van der Waals surface area (Å²) in [6.45, 7) is 3.35. The SMILES string of the molecule is CC1CC(CN)CN1C(=O)c1ccc(NC(=O)Nc2ccccc2)s1.Cl. The number of carbonyl (C=O) groups excluding carboxylic acids is 2. The molecule has 1 aliphatic rings. The maximum Gasteiger partial charge on any atom is 0.324 e. The van der Waals surface area contributed by atoms with Gasteiger partial charge in [0.05, 0.1) is 9.88 Å². The van der Waals surface area contributed by atoms with Crippen molar-refractivity contribution in [1.82, 2.24) is 4.90 Å². The van der Waals surface area contributed by atoms with Crippen LogP contribution in [-0.4, -0.2) is 36.0 Å². The molecule has 0 spiro atoms. The van der Waals surface area contributed by atoms with Gasteiger partial charge in [-0.05, 0) is 50.1 Å². The third kappa shape index (κ3) is 4.75. The van der Waals surface area contributed by atoms with E-state index < -0.39 is 0 Å². The first-order valence-electron chi connectivity index (χ1n) is 8.30. The number of amides is 3. The van der Waals surface area contributed by atoms with Crippen LogP contribution in [0, 0.1) is 5.92 Å². The maximum atomic E-state index is 12.7. The van der Waals surface area contributed by atoms with Gasteiger partial charge < -0.3 is 16.0 Å². The second-order valence-corrected chi connectivity index (χ2v) is 7.34. The predicted molar refractivity (Wildman–Crippen MR) is 108 cm³/mol. The van der Waals surface area contributed by atoms with E-state index in [1.807, 2.05) is 42.2 Å². The molecule has 2 aromatic rings. The number of urea groups is 1. The van der Waals surface area contributed by atoms with Gasteiger partial charge >= 0.3 is 6.03 Å². The first-order chi connectivity index (χ1) is 12.1. The molecule has 2 unspecified atom stereocenters. The fraction of sp³-hybridized carbons (Fsp3) is 0.333. The van der Waals surface area contributed by atoms with Gasteiger partial charge in [-0.1, -0.05) is 18.2 Å². The largest absolute Gasteiger partial charge is 0.335 e. The Morgan fingerprint density at radius 3 is 2.58 bits per heavy atom. The van der Waals surface area contributed by atoms with Gasteiger partial charge in [-0.25, -0.2) is 4.79 Å². The Kier molecular flexibility index (Phi) is 7.02. The number of likely N-dealkylation sites (tertiary alicyclic amines) is 1. The number of carbonyl (C=O) groups is 2. The third-order valence-corrected chi connectivity index (χ3v) is 5.33. The number of hydrogen-bond donors (Lipinski definition) is 3. The van der Waals surface area contributed by atoms with Gasteiger partial charge in [-0.2, -0.15) is 0 Å². The van der Waals surface area contributed by atoms with Crippen molar-refractivity contribution < 1.29 is 9.59 Å². The minimum absolute atomic E-state index is 0. The lowest BCUT2D eigenvalue weighted by Gasteiger charge is -2.20. The number of anilines is 2. The lowest BCUT2D eigenvalue weighted by Crippen LogP contribution is -2.33. The summed E-state index contributed by atoms with van der Waals surface area (Å²) < 4.78 is 0. The van der Waals surface area contributed by atoms with Crippen LogP contribution in [0.3, 0.4) is 0 Å². The molecule has 1 saturated heterocycles. The predicted octanol–water partition coefficient (Wildman–Crippen LogP) is 3.62. The lowest BCUT2D eigenvalue weighted by atomic mass is 10.1. The first kappa shape index (κ1) is 20.2. The molecule has 3 rings (SSSR count). The van der Waals surface area contributed by atoms with Crippen LogP contribution in [0.4, 0.5) is 15.5 Å². The monoisotopic (exact) mass is 394 g/mol. The van der Waals surface area contributed by atoms with Crippen LogP contribution in [0.2, 0.25) is 0 Å². The van der Waals surface area contributed by atoms with Crippen molar-refractivity contribution in [3.8, 4) is 0 Å². The fourth-order valence-electron chi connectivity index (χ4n) is 3.05. The minimum Gasteiger partial charge on any atom is -0.335 e. The first-order valence-corrected chi connectivity index (χ1v) is 9.12. The number of hydrogen-bond acceptors (Lipinski definition) is 4. The highest BCUT2D eigenvalue weighted by molar-refractivity contribution is 7.18. The second kappa shape index (κ2) is 9.02. The van der Waals surface area contributed by atoms with E-state index in [0.29, 0.717) is 34.6 Å². The van der Waals surface area contributed by atoms with Gasteiger partial charge in [0.25, 0.3) is 5.91 Å². The van der Waals surface area contributed by atoms with Gasteiger partial charge in [0.2, 0.25) is 0 Å². The molecule has 1 aromatic carbocycles. The number of rotatable bonds is 4. The quantitative estimate of drug-likeness (QED) is 0.740. The van der Waals surface area contributed by atoms with E-state index in [1.54, 1.807) is 12.1 Å². The number of nitrogens with zero attached hydrogens (tertiary/aromatic N) is 1. The topological polar surface area (TPSA) is 87.5 Å². The molecule has 140 valence electrons. The Balaban J connectivity index is 0.00000243. The molecule has 2 heterocycles. The van der Waals surface area contributed by atoms with Gasteiger partial charge in [0, 0.05) is 18.3 Å². The van der Waals surface area contributed by atoms with Crippen molar-refractivity contribution in [1.29, 1.82) is 0 Å². The molecule has 1 aromatic heterocycles. The molecule has 2 atom stereocenters. The normalized spacial score (nSPS) is 18.9. The summed E-state index contributed by atoms with van der Waals surface area (Å²) in [5.74, 6) is 0.373. The summed E-state index contributed by atoms with van der Waals surface area (Å²) in [5, 5.41) is 6.15. The van der Waals surface area contributed by atoms with Crippen molar-refractivity contribution in [2.45, 2.75) is 19.4 Å². The summed E-state index contributed by atoms with van der Waals surface area (Å²) in [6, 6.07) is 12.6. The van der Waals surface area contributed by atoms with E-state index in [0.717, 1.165) is 6.42 Å². The van der Waals surface area contributed by atoms with Crippen LogP contribution in [0.5, 0.6) is 0 Å². The summed E-state index contributed by atoms with van der Waals surface area (Å²) in [5.41, 5.74) is 6.44. The number of nitrogens with one attached hydrogen (secondary N) is 2. The molecule has 0 aliphatic carbocycles. The highest BCUT2D eigenvalue weighted by Gasteiger charge is 2.32. The van der Waals surface area contributed by atoms with Crippen molar-refractivity contribution in [2.75, 3.05) is 23.7 Å². The van der Waals surface area contributed by atoms with Crippen LogP contribution in [0.1, 0.15) is 23.0 Å². The highest BCUT2D eigenvalue weighted by Crippen LogP contribution is 2.28. The Hall–Kier alpha value is -2.09. The van der Waals surface area contributed by atoms with E-state index in [1.165, 1.54) is 11.3 Å². The van der Waals surface area contributed by atoms with E-state index in [9.17, 15) is 9.59 Å². The zero-order chi connectivity index (χ0) is 17.8. The number of halogens is 1. The number of benzene rings is 1. The Morgan fingerprint density at radius 1 is 1.19 bits per heavy atom. The smallest absolute Gasteiger partial charge is 0.324 e. The summed E-state index contributed by atoms with van der Waals surface area (Å²) in [6.07, 6.45) is 0.943. The molecule has 6 nitrogen and oxygen atoms in total. The molecule has 1 fully saturated rings. The number of thiophene rings is 1. The second-order valence-electron chi connectivity index (χ2n) is 6.25. The summed E-state index contributed by atoms with van der Waals surface area (Å²) >= 11 is 1.28. The Labute approximate surface area is 163 Å². The molecule has 4 N–H and O–H groups in total. The van der Waals surface area contributed by atoms with E-state index >= 15 is 0 Å². The fourth-order valence-corrected chi connectivity index (χ4v) is 3.91. The van der Waals surface area contributed by atoms with Crippen LogP contribution < -0.4 is 16.4 Å². The van der Waals surface area contributed by atoms with Gasteiger partial charge in [0.1, 0.15) is 0 Å². The number of nitrogens with two attached hydrogens (primary N) is 1. The summed E-state index contributed by atoms with van der Waals surface area (Å²) in [7, 11) is 0. The molecular formula is C18H23ClN4O2S. The van der Waals surface area contributed by atoms with Crippen molar-refractivity contribution in [3.63, 3.8) is 0 Å². The average molecular weight is 395 g/mol. The van der Waals surface area contributed by atoms with E-state index in [2.05, 4.69) is 10.6 Å². The van der Waals surface area contributed by atoms with Crippen molar-refractivity contribution in [2.24, 2.45) is 11.7 Å². The van der Waals surface area contributed by atoms with Gasteiger partial charge in [-0.15, -0.1) is 23.7 Å². The Morgan fingerprint density at radius 2 is 1.92 bits per heavy atom. The van der Waals surface area contributed by atoms with Crippen LogP contribution in [0.25, 0.3) is 0 Å². The lowest BCUT2D eigenvalue weighted by molar-refractivity contribution is 0.0748. The Bertz CT molecular complexity index is 753. The maximum absolute atomic E-state index is 12.7. The zero-order valence-electron chi connectivity index (χ0n) is 14.5. The van der Waals surface area contributed by atoms with Gasteiger partial charge in [0.15, 0.2) is 0 Å². The van der Waals surface area contributed by atoms with Gasteiger partial charge in [-0.3, -0.25) is 10.1 Å². The summed E-state index contributed by atoms with van der Waals surface area (Å²) in [4.78, 5) is 27.2. The minimum atomic E-state index is -0.329. The van der Waals surface area contributed by atoms with Crippen LogP contribution in [-0.2, 0) is 0 Å². The molecule has 0 saturated carbocycles. The molecule has 1 aliphatic heterocycles. The molecular weight excluding hydrogens is 372 g/mol. The van der Waals surface area contributed by atoms with E-state index in [4.69, 9.17) is 5.73 Å². The van der Waals surface area contributed by atoms with Crippen LogP contribution >= 0.6 is 23.7 Å². The molecule has 0 bridgehead atoms. The third-order valence-electron chi connectivity index (χ3n) is 4.34. The zero-order valence-corrected chi connectivity index (χ0v) is 16.1.